The molecule has 4 rings (SSSR count). The van der Waals surface area contributed by atoms with E-state index in [-0.39, 0.29) is 12.0 Å². The SMILES string of the molecule is Cc1noc(-c2ccc(Nc3nn([C@H]4CCCC[C@@H]4C#N)cc3C(N)=O)cc2)n1. The minimum absolute atomic E-state index is 0.0504. The standard InChI is InChI=1S/C20H21N7O2/c1-12-23-20(29-26-12)13-6-8-15(9-7-13)24-19-16(18(22)28)11-27(25-19)17-5-3-2-4-14(17)10-21/h6-9,11,14,17H,2-5H2,1H3,(H2,22,28)(H,24,25)/t14-,17+/m1/s1. The predicted octanol–water partition coefficient (Wildman–Crippen LogP) is 3.34. The fourth-order valence-corrected chi connectivity index (χ4v) is 3.66. The topological polar surface area (TPSA) is 136 Å². The van der Waals surface area contributed by atoms with E-state index in [1.165, 1.54) is 0 Å². The molecule has 0 spiro atoms. The number of anilines is 2. The first-order valence-electron chi connectivity index (χ1n) is 9.51. The van der Waals surface area contributed by atoms with Gasteiger partial charge in [0.1, 0.15) is 5.56 Å². The van der Waals surface area contributed by atoms with E-state index in [9.17, 15) is 10.1 Å². The molecule has 1 aromatic carbocycles. The third-order valence-corrected chi connectivity index (χ3v) is 5.15. The Morgan fingerprint density at radius 2 is 2.07 bits per heavy atom. The molecule has 1 amide bonds. The van der Waals surface area contributed by atoms with Gasteiger partial charge in [0.05, 0.1) is 18.0 Å². The molecule has 0 bridgehead atoms. The summed E-state index contributed by atoms with van der Waals surface area (Å²) in [5.41, 5.74) is 7.37. The minimum Gasteiger partial charge on any atom is -0.365 e. The fourth-order valence-electron chi connectivity index (χ4n) is 3.66. The highest BCUT2D eigenvalue weighted by atomic mass is 16.5. The number of hydrogen-bond donors (Lipinski definition) is 2. The summed E-state index contributed by atoms with van der Waals surface area (Å²) < 4.78 is 6.88. The molecule has 0 radical (unpaired) electrons. The lowest BCUT2D eigenvalue weighted by Crippen LogP contribution is -2.22. The molecule has 3 aromatic rings. The Bertz CT molecular complexity index is 1060. The number of rotatable bonds is 5. The van der Waals surface area contributed by atoms with Crippen LogP contribution in [0.4, 0.5) is 11.5 Å². The highest BCUT2D eigenvalue weighted by Gasteiger charge is 2.28. The number of carbonyl (C=O) groups excluding carboxylic acids is 1. The van der Waals surface area contributed by atoms with E-state index in [1.807, 2.05) is 24.3 Å². The van der Waals surface area contributed by atoms with Crippen molar-refractivity contribution >= 4 is 17.4 Å². The molecule has 3 N–H and O–H groups in total. The monoisotopic (exact) mass is 391 g/mol. The molecule has 2 atom stereocenters. The minimum atomic E-state index is -0.568. The van der Waals surface area contributed by atoms with Crippen molar-refractivity contribution in [2.24, 2.45) is 11.7 Å². The molecule has 9 heteroatoms. The van der Waals surface area contributed by atoms with Gasteiger partial charge in [-0.05, 0) is 44.0 Å². The van der Waals surface area contributed by atoms with Crippen LogP contribution in [-0.2, 0) is 0 Å². The van der Waals surface area contributed by atoms with Crippen molar-refractivity contribution in [2.45, 2.75) is 38.6 Å². The first kappa shape index (κ1) is 18.7. The number of aromatic nitrogens is 4. The second-order valence-corrected chi connectivity index (χ2v) is 7.17. The Labute approximate surface area is 167 Å². The van der Waals surface area contributed by atoms with E-state index in [0.717, 1.165) is 36.9 Å². The van der Waals surface area contributed by atoms with Crippen LogP contribution in [0.15, 0.2) is 35.0 Å². The van der Waals surface area contributed by atoms with E-state index in [1.54, 1.807) is 17.8 Å². The molecule has 2 aromatic heterocycles. The lowest BCUT2D eigenvalue weighted by Gasteiger charge is -2.26. The molecule has 1 fully saturated rings. The number of nitrogens with zero attached hydrogens (tertiary/aromatic N) is 5. The van der Waals surface area contributed by atoms with Crippen molar-refractivity contribution in [3.8, 4) is 17.5 Å². The Morgan fingerprint density at radius 1 is 1.31 bits per heavy atom. The maximum absolute atomic E-state index is 11.9. The van der Waals surface area contributed by atoms with Crippen LogP contribution in [0.5, 0.6) is 0 Å². The molecule has 0 aliphatic heterocycles. The van der Waals surface area contributed by atoms with Gasteiger partial charge in [0.15, 0.2) is 11.6 Å². The van der Waals surface area contributed by atoms with Crippen LogP contribution in [0.1, 0.15) is 47.9 Å². The van der Waals surface area contributed by atoms with Gasteiger partial charge in [0, 0.05) is 17.4 Å². The van der Waals surface area contributed by atoms with Gasteiger partial charge in [-0.3, -0.25) is 9.48 Å². The van der Waals surface area contributed by atoms with Crippen molar-refractivity contribution in [3.05, 3.63) is 41.9 Å². The van der Waals surface area contributed by atoms with Crippen LogP contribution < -0.4 is 11.1 Å². The maximum atomic E-state index is 11.9. The van der Waals surface area contributed by atoms with E-state index in [2.05, 4.69) is 26.6 Å². The first-order valence-corrected chi connectivity index (χ1v) is 9.51. The highest BCUT2D eigenvalue weighted by molar-refractivity contribution is 5.98. The second-order valence-electron chi connectivity index (χ2n) is 7.17. The number of primary amides is 1. The largest absolute Gasteiger partial charge is 0.365 e. The zero-order chi connectivity index (χ0) is 20.4. The smallest absolute Gasteiger partial charge is 0.257 e. The van der Waals surface area contributed by atoms with E-state index < -0.39 is 5.91 Å². The van der Waals surface area contributed by atoms with Crippen LogP contribution in [-0.4, -0.2) is 25.8 Å². The lowest BCUT2D eigenvalue weighted by atomic mass is 9.85. The summed E-state index contributed by atoms with van der Waals surface area (Å²) in [7, 11) is 0. The summed E-state index contributed by atoms with van der Waals surface area (Å²) in [6.07, 6.45) is 5.41. The van der Waals surface area contributed by atoms with Crippen molar-refractivity contribution in [3.63, 3.8) is 0 Å². The fraction of sp³-hybridized carbons (Fsp3) is 0.350. The summed E-state index contributed by atoms with van der Waals surface area (Å²) in [5, 5.41) is 20.9. The average Bonchev–Trinajstić information content (AvgIpc) is 3.35. The number of amides is 1. The van der Waals surface area contributed by atoms with Gasteiger partial charge >= 0.3 is 0 Å². The summed E-state index contributed by atoms with van der Waals surface area (Å²) in [5.74, 6) is 0.699. The Balaban J connectivity index is 1.58. The lowest BCUT2D eigenvalue weighted by molar-refractivity contribution is 0.100. The molecule has 1 saturated carbocycles. The van der Waals surface area contributed by atoms with Gasteiger partial charge in [-0.2, -0.15) is 15.3 Å². The van der Waals surface area contributed by atoms with Gasteiger partial charge in [-0.15, -0.1) is 0 Å². The predicted molar refractivity (Wildman–Crippen MR) is 105 cm³/mol. The van der Waals surface area contributed by atoms with Crippen LogP contribution in [0.25, 0.3) is 11.5 Å². The number of benzene rings is 1. The van der Waals surface area contributed by atoms with Crippen LogP contribution in [0.3, 0.4) is 0 Å². The number of nitrogens with two attached hydrogens (primary N) is 1. The van der Waals surface area contributed by atoms with Gasteiger partial charge in [0.2, 0.25) is 0 Å². The third kappa shape index (κ3) is 3.82. The number of nitriles is 1. The van der Waals surface area contributed by atoms with Gasteiger partial charge < -0.3 is 15.6 Å². The molecule has 0 unspecified atom stereocenters. The van der Waals surface area contributed by atoms with Crippen LogP contribution >= 0.6 is 0 Å². The zero-order valence-electron chi connectivity index (χ0n) is 16.0. The first-order chi connectivity index (χ1) is 14.0. The van der Waals surface area contributed by atoms with Crippen molar-refractivity contribution in [1.82, 2.24) is 19.9 Å². The summed E-state index contributed by atoms with van der Waals surface area (Å²) in [4.78, 5) is 16.1. The number of hydrogen-bond acceptors (Lipinski definition) is 7. The summed E-state index contributed by atoms with van der Waals surface area (Å²) >= 11 is 0. The number of carbonyl (C=O) groups is 1. The molecule has 0 saturated heterocycles. The van der Waals surface area contributed by atoms with E-state index in [4.69, 9.17) is 10.3 Å². The molecule has 1 aliphatic carbocycles. The summed E-state index contributed by atoms with van der Waals surface area (Å²) in [6.45, 7) is 1.76. The Hall–Kier alpha value is -3.67. The maximum Gasteiger partial charge on any atom is 0.257 e. The highest BCUT2D eigenvalue weighted by Crippen LogP contribution is 2.34. The van der Waals surface area contributed by atoms with Gasteiger partial charge in [0.25, 0.3) is 11.8 Å². The van der Waals surface area contributed by atoms with Gasteiger partial charge in [-0.25, -0.2) is 0 Å². The molecule has 148 valence electrons. The van der Waals surface area contributed by atoms with E-state index in [0.29, 0.717) is 23.1 Å². The molecular formula is C20H21N7O2. The molecular weight excluding hydrogens is 370 g/mol. The number of nitrogens with one attached hydrogen (secondary N) is 1. The number of aryl methyl sites for hydroxylation is 1. The zero-order valence-corrected chi connectivity index (χ0v) is 16.0. The normalized spacial score (nSPS) is 18.9. The van der Waals surface area contributed by atoms with Crippen molar-refractivity contribution in [2.75, 3.05) is 5.32 Å². The molecule has 2 heterocycles. The molecule has 9 nitrogen and oxygen atoms in total. The Kier molecular flexibility index (Phi) is 4.99. The molecule has 29 heavy (non-hydrogen) atoms. The van der Waals surface area contributed by atoms with Crippen LogP contribution in [0.2, 0.25) is 0 Å². The second kappa shape index (κ2) is 7.75. The summed E-state index contributed by atoms with van der Waals surface area (Å²) in [6, 6.07) is 9.65. The van der Waals surface area contributed by atoms with E-state index >= 15 is 0 Å². The quantitative estimate of drug-likeness (QED) is 0.680. The molecule has 1 aliphatic rings. The average molecular weight is 391 g/mol. The van der Waals surface area contributed by atoms with Crippen molar-refractivity contribution in [1.29, 1.82) is 5.26 Å². The van der Waals surface area contributed by atoms with Crippen LogP contribution in [0, 0.1) is 24.2 Å². The Morgan fingerprint density at radius 3 is 2.72 bits per heavy atom. The van der Waals surface area contributed by atoms with Gasteiger partial charge in [-0.1, -0.05) is 18.0 Å². The van der Waals surface area contributed by atoms with Crippen molar-refractivity contribution < 1.29 is 9.32 Å². The third-order valence-electron chi connectivity index (χ3n) is 5.15.